The molecule has 96 valence electrons. The number of aromatic nitrogens is 2. The largest absolute Gasteiger partial charge is 0.489 e. The fourth-order valence-electron chi connectivity index (χ4n) is 1.54. The smallest absolute Gasteiger partial charge is 0.147 e. The van der Waals surface area contributed by atoms with Crippen molar-refractivity contribution in [3.05, 3.63) is 45.1 Å². The van der Waals surface area contributed by atoms with E-state index in [-0.39, 0.29) is 0 Å². The Morgan fingerprint density at radius 3 is 2.56 bits per heavy atom. The van der Waals surface area contributed by atoms with E-state index in [0.717, 1.165) is 20.3 Å². The molecule has 0 bridgehead atoms. The molecule has 0 aliphatic heterocycles. The fourth-order valence-corrected chi connectivity index (χ4v) is 3.05. The SMILES string of the molecule is NCc1cc(Br)c(OCCn2cccn2)c(Br)c1. The average Bonchev–Trinajstić information content (AvgIpc) is 2.85. The van der Waals surface area contributed by atoms with Crippen molar-refractivity contribution in [1.29, 1.82) is 0 Å². The molecule has 0 saturated heterocycles. The maximum Gasteiger partial charge on any atom is 0.147 e. The van der Waals surface area contributed by atoms with E-state index in [9.17, 15) is 0 Å². The molecular weight excluding hydrogens is 362 g/mol. The van der Waals surface area contributed by atoms with Crippen molar-refractivity contribution in [3.8, 4) is 5.75 Å². The Labute approximate surface area is 122 Å². The summed E-state index contributed by atoms with van der Waals surface area (Å²) >= 11 is 6.97. The molecule has 2 N–H and O–H groups in total. The van der Waals surface area contributed by atoms with Gasteiger partial charge in [-0.15, -0.1) is 0 Å². The second-order valence-corrected chi connectivity index (χ2v) is 5.42. The number of ether oxygens (including phenoxy) is 1. The summed E-state index contributed by atoms with van der Waals surface area (Å²) in [5.41, 5.74) is 6.66. The standard InChI is InChI=1S/C12H13Br2N3O/c13-10-6-9(8-15)7-11(14)12(10)18-5-4-17-3-1-2-16-17/h1-3,6-7H,4-5,8,15H2. The van der Waals surface area contributed by atoms with Gasteiger partial charge in [0.2, 0.25) is 0 Å². The molecule has 0 saturated carbocycles. The van der Waals surface area contributed by atoms with Crippen molar-refractivity contribution < 1.29 is 4.74 Å². The molecule has 1 aromatic heterocycles. The van der Waals surface area contributed by atoms with Crippen LogP contribution in [0.3, 0.4) is 0 Å². The van der Waals surface area contributed by atoms with Crippen LogP contribution in [-0.2, 0) is 13.1 Å². The Kier molecular flexibility index (Phi) is 4.79. The molecule has 1 heterocycles. The van der Waals surface area contributed by atoms with Gasteiger partial charge in [-0.05, 0) is 55.6 Å². The number of benzene rings is 1. The third kappa shape index (κ3) is 3.34. The lowest BCUT2D eigenvalue weighted by Gasteiger charge is -2.11. The molecule has 0 radical (unpaired) electrons. The van der Waals surface area contributed by atoms with Gasteiger partial charge in [0.05, 0.1) is 15.5 Å². The molecule has 6 heteroatoms. The van der Waals surface area contributed by atoms with Crippen LogP contribution in [0, 0.1) is 0 Å². The Hall–Kier alpha value is -0.850. The summed E-state index contributed by atoms with van der Waals surface area (Å²) in [6.45, 7) is 1.77. The molecule has 1 aromatic carbocycles. The van der Waals surface area contributed by atoms with Gasteiger partial charge >= 0.3 is 0 Å². The van der Waals surface area contributed by atoms with E-state index < -0.39 is 0 Å². The molecule has 0 aliphatic rings. The van der Waals surface area contributed by atoms with Crippen LogP contribution in [0.2, 0.25) is 0 Å². The minimum Gasteiger partial charge on any atom is -0.489 e. The van der Waals surface area contributed by atoms with E-state index in [1.165, 1.54) is 0 Å². The Morgan fingerprint density at radius 1 is 1.28 bits per heavy atom. The second kappa shape index (κ2) is 6.36. The Bertz CT molecular complexity index is 491. The van der Waals surface area contributed by atoms with Gasteiger partial charge < -0.3 is 10.5 Å². The number of rotatable bonds is 5. The first-order valence-electron chi connectivity index (χ1n) is 5.49. The van der Waals surface area contributed by atoms with Gasteiger partial charge in [0.1, 0.15) is 12.4 Å². The van der Waals surface area contributed by atoms with Crippen LogP contribution in [0.25, 0.3) is 0 Å². The van der Waals surface area contributed by atoms with Crippen molar-refractivity contribution in [2.45, 2.75) is 13.1 Å². The summed E-state index contributed by atoms with van der Waals surface area (Å²) in [7, 11) is 0. The summed E-state index contributed by atoms with van der Waals surface area (Å²) in [4.78, 5) is 0. The van der Waals surface area contributed by atoms with Crippen LogP contribution >= 0.6 is 31.9 Å². The number of hydrogen-bond donors (Lipinski definition) is 1. The zero-order valence-electron chi connectivity index (χ0n) is 9.64. The van der Waals surface area contributed by atoms with Gasteiger partial charge in [0, 0.05) is 18.9 Å². The summed E-state index contributed by atoms with van der Waals surface area (Å²) in [5.74, 6) is 0.791. The monoisotopic (exact) mass is 373 g/mol. The van der Waals surface area contributed by atoms with Crippen molar-refractivity contribution >= 4 is 31.9 Å². The third-order valence-corrected chi connectivity index (χ3v) is 3.60. The van der Waals surface area contributed by atoms with Gasteiger partial charge in [0.25, 0.3) is 0 Å². The molecule has 0 amide bonds. The van der Waals surface area contributed by atoms with Crippen LogP contribution in [0.4, 0.5) is 0 Å². The molecule has 0 fully saturated rings. The molecule has 0 unspecified atom stereocenters. The predicted molar refractivity (Wildman–Crippen MR) is 77.5 cm³/mol. The molecule has 0 aliphatic carbocycles. The zero-order chi connectivity index (χ0) is 13.0. The van der Waals surface area contributed by atoms with Gasteiger partial charge in [-0.2, -0.15) is 5.10 Å². The Morgan fingerprint density at radius 2 is 2.00 bits per heavy atom. The van der Waals surface area contributed by atoms with Crippen LogP contribution in [0.15, 0.2) is 39.5 Å². The molecule has 0 spiro atoms. The van der Waals surface area contributed by atoms with Crippen LogP contribution in [0.5, 0.6) is 5.75 Å². The van der Waals surface area contributed by atoms with E-state index in [0.29, 0.717) is 19.7 Å². The lowest BCUT2D eigenvalue weighted by molar-refractivity contribution is 0.288. The fraction of sp³-hybridized carbons (Fsp3) is 0.250. The first-order chi connectivity index (χ1) is 8.70. The second-order valence-electron chi connectivity index (χ2n) is 3.71. The van der Waals surface area contributed by atoms with Crippen LogP contribution in [0.1, 0.15) is 5.56 Å². The van der Waals surface area contributed by atoms with Crippen LogP contribution < -0.4 is 10.5 Å². The summed E-state index contributed by atoms with van der Waals surface area (Å²) < 4.78 is 9.38. The van der Waals surface area contributed by atoms with Crippen molar-refractivity contribution in [3.63, 3.8) is 0 Å². The maximum atomic E-state index is 5.74. The highest BCUT2D eigenvalue weighted by Gasteiger charge is 2.08. The van der Waals surface area contributed by atoms with Gasteiger partial charge in [-0.3, -0.25) is 4.68 Å². The highest BCUT2D eigenvalue weighted by molar-refractivity contribution is 9.11. The lowest BCUT2D eigenvalue weighted by Crippen LogP contribution is -2.09. The number of hydrogen-bond acceptors (Lipinski definition) is 3. The first-order valence-corrected chi connectivity index (χ1v) is 7.07. The number of halogens is 2. The minimum absolute atomic E-state index is 0.505. The highest BCUT2D eigenvalue weighted by Crippen LogP contribution is 2.34. The Balaban J connectivity index is 2.01. The predicted octanol–water partition coefficient (Wildman–Crippen LogP) is 2.95. The first kappa shape index (κ1) is 13.6. The van der Waals surface area contributed by atoms with Crippen molar-refractivity contribution in [1.82, 2.24) is 9.78 Å². The van der Waals surface area contributed by atoms with E-state index in [1.807, 2.05) is 29.1 Å². The van der Waals surface area contributed by atoms with E-state index in [4.69, 9.17) is 10.5 Å². The van der Waals surface area contributed by atoms with Crippen molar-refractivity contribution in [2.75, 3.05) is 6.61 Å². The van der Waals surface area contributed by atoms with Crippen LogP contribution in [-0.4, -0.2) is 16.4 Å². The van der Waals surface area contributed by atoms with E-state index in [2.05, 4.69) is 37.0 Å². The van der Waals surface area contributed by atoms with Gasteiger partial charge in [-0.25, -0.2) is 0 Å². The summed E-state index contributed by atoms with van der Waals surface area (Å²) in [6.07, 6.45) is 3.66. The molecule has 4 nitrogen and oxygen atoms in total. The minimum atomic E-state index is 0.505. The van der Waals surface area contributed by atoms with Gasteiger partial charge in [-0.1, -0.05) is 0 Å². The molecular formula is C12H13Br2N3O. The van der Waals surface area contributed by atoms with Gasteiger partial charge in [0.15, 0.2) is 0 Å². The quantitative estimate of drug-likeness (QED) is 0.875. The zero-order valence-corrected chi connectivity index (χ0v) is 12.8. The maximum absolute atomic E-state index is 5.74. The normalized spacial score (nSPS) is 10.6. The van der Waals surface area contributed by atoms with Crippen molar-refractivity contribution in [2.24, 2.45) is 5.73 Å². The van der Waals surface area contributed by atoms with E-state index >= 15 is 0 Å². The molecule has 2 aromatic rings. The lowest BCUT2D eigenvalue weighted by atomic mass is 10.2. The highest BCUT2D eigenvalue weighted by atomic mass is 79.9. The number of nitrogens with two attached hydrogens (primary N) is 1. The average molecular weight is 375 g/mol. The summed E-state index contributed by atoms with van der Waals surface area (Å²) in [6, 6.07) is 5.82. The molecule has 2 rings (SSSR count). The van der Waals surface area contributed by atoms with E-state index in [1.54, 1.807) is 6.20 Å². The molecule has 18 heavy (non-hydrogen) atoms. The molecule has 0 atom stereocenters. The summed E-state index contributed by atoms with van der Waals surface area (Å²) in [5, 5.41) is 4.12. The topological polar surface area (TPSA) is 53.1 Å². The third-order valence-electron chi connectivity index (χ3n) is 2.42. The number of nitrogens with zero attached hydrogens (tertiary/aromatic N) is 2.